The minimum atomic E-state index is -0.899. The summed E-state index contributed by atoms with van der Waals surface area (Å²) in [7, 11) is -0.393. The third-order valence-corrected chi connectivity index (χ3v) is 6.41. The Labute approximate surface area is 171 Å². The molecule has 2 aromatic rings. The van der Waals surface area contributed by atoms with Gasteiger partial charge in [-0.1, -0.05) is 31.2 Å². The normalized spacial score (nSPS) is 25.6. The van der Waals surface area contributed by atoms with Crippen LogP contribution in [0.4, 0.5) is 4.79 Å². The minimum absolute atomic E-state index is 0.222. The molecule has 154 valence electrons. The van der Waals surface area contributed by atoms with Crippen molar-refractivity contribution in [1.29, 1.82) is 0 Å². The van der Waals surface area contributed by atoms with Crippen LogP contribution in [0.15, 0.2) is 30.5 Å². The Morgan fingerprint density at radius 2 is 1.83 bits per heavy atom. The van der Waals surface area contributed by atoms with E-state index in [-0.39, 0.29) is 17.2 Å². The number of aromatic nitrogens is 2. The van der Waals surface area contributed by atoms with Crippen LogP contribution in [0, 0.1) is 5.92 Å². The molecule has 29 heavy (non-hydrogen) atoms. The highest BCUT2D eigenvalue weighted by Crippen LogP contribution is 2.37. The molecule has 2 unspecified atom stereocenters. The second kappa shape index (κ2) is 6.88. The summed E-state index contributed by atoms with van der Waals surface area (Å²) in [4.78, 5) is 20.8. The summed E-state index contributed by atoms with van der Waals surface area (Å²) in [6.45, 7) is 10.8. The monoisotopic (exact) mass is 397 g/mol. The number of hydrogen-bond donors (Lipinski definition) is 2. The Hall–Kier alpha value is -2.32. The Morgan fingerprint density at radius 3 is 2.41 bits per heavy atom. The van der Waals surface area contributed by atoms with Gasteiger partial charge in [-0.25, -0.2) is 9.78 Å². The predicted octanol–water partition coefficient (Wildman–Crippen LogP) is 3.44. The highest BCUT2D eigenvalue weighted by Gasteiger charge is 2.51. The molecule has 1 amide bonds. The number of nitrogens with zero attached hydrogens (tertiary/aromatic N) is 2. The van der Waals surface area contributed by atoms with Crippen molar-refractivity contribution in [3.8, 4) is 11.3 Å². The molecule has 2 fully saturated rings. The van der Waals surface area contributed by atoms with Crippen LogP contribution in [-0.2, 0) is 9.31 Å². The van der Waals surface area contributed by atoms with Crippen molar-refractivity contribution in [2.24, 2.45) is 5.92 Å². The molecule has 8 heteroatoms. The van der Waals surface area contributed by atoms with Crippen LogP contribution in [-0.4, -0.2) is 50.9 Å². The molecule has 0 radical (unpaired) electrons. The first-order valence-corrected chi connectivity index (χ1v) is 10.1. The van der Waals surface area contributed by atoms with Crippen molar-refractivity contribution in [2.45, 2.75) is 58.3 Å². The molecule has 0 aliphatic carbocycles. The number of aromatic amines is 1. The van der Waals surface area contributed by atoms with Crippen molar-refractivity contribution in [2.75, 3.05) is 6.54 Å². The Morgan fingerprint density at radius 1 is 1.21 bits per heavy atom. The van der Waals surface area contributed by atoms with Crippen LogP contribution in [0.5, 0.6) is 0 Å². The molecule has 2 N–H and O–H groups in total. The Balaban J connectivity index is 1.52. The zero-order chi connectivity index (χ0) is 21.0. The molecule has 2 aliphatic heterocycles. The molecule has 0 saturated carbocycles. The highest BCUT2D eigenvalue weighted by molar-refractivity contribution is 6.62. The van der Waals surface area contributed by atoms with Gasteiger partial charge in [0.25, 0.3) is 0 Å². The van der Waals surface area contributed by atoms with E-state index >= 15 is 0 Å². The fourth-order valence-electron chi connectivity index (χ4n) is 3.97. The first-order chi connectivity index (χ1) is 13.6. The summed E-state index contributed by atoms with van der Waals surface area (Å²) >= 11 is 0. The molecule has 4 rings (SSSR count). The van der Waals surface area contributed by atoms with Gasteiger partial charge in [0, 0.05) is 6.54 Å². The van der Waals surface area contributed by atoms with E-state index in [0.29, 0.717) is 18.3 Å². The van der Waals surface area contributed by atoms with Crippen LogP contribution in [0.1, 0.15) is 52.9 Å². The molecular formula is C21H28BN3O4. The van der Waals surface area contributed by atoms with E-state index in [2.05, 4.69) is 16.9 Å². The molecule has 1 aromatic heterocycles. The first kappa shape index (κ1) is 20.0. The van der Waals surface area contributed by atoms with E-state index < -0.39 is 13.2 Å². The van der Waals surface area contributed by atoms with E-state index in [0.717, 1.165) is 23.1 Å². The molecule has 3 heterocycles. The maximum atomic E-state index is 11.5. The standard InChI is InChI=1S/C21H28BN3O4/c1-13-10-17(25(12-13)19(26)27)18-23-11-16(24-18)14-6-8-15(9-7-14)22-28-20(2,3)21(4,5)29-22/h6-9,11,13,17H,10,12H2,1-5H3,(H,23,24)(H,26,27). The van der Waals surface area contributed by atoms with Crippen LogP contribution < -0.4 is 5.46 Å². The topological polar surface area (TPSA) is 87.7 Å². The SMILES string of the molecule is CC1CC(c2ncc(-c3ccc(B4OC(C)(C)C(C)(C)O4)cc3)[nH]2)N(C(=O)O)C1. The number of carboxylic acid groups (broad SMARTS) is 1. The van der Waals surface area contributed by atoms with Gasteiger partial charge in [-0.2, -0.15) is 0 Å². The summed E-state index contributed by atoms with van der Waals surface area (Å²) in [5.74, 6) is 1.02. The fraction of sp³-hybridized carbons (Fsp3) is 0.524. The number of rotatable bonds is 3. The zero-order valence-corrected chi connectivity index (χ0v) is 17.6. The average Bonchev–Trinajstić information content (AvgIpc) is 3.32. The third kappa shape index (κ3) is 3.55. The molecule has 2 aliphatic rings. The number of hydrogen-bond acceptors (Lipinski definition) is 4. The van der Waals surface area contributed by atoms with Crippen molar-refractivity contribution in [3.63, 3.8) is 0 Å². The Bertz CT molecular complexity index is 893. The van der Waals surface area contributed by atoms with Crippen molar-refractivity contribution in [3.05, 3.63) is 36.3 Å². The van der Waals surface area contributed by atoms with E-state index in [9.17, 15) is 9.90 Å². The molecule has 7 nitrogen and oxygen atoms in total. The summed E-state index contributed by atoms with van der Waals surface area (Å²) in [6.07, 6.45) is 1.64. The lowest BCUT2D eigenvalue weighted by atomic mass is 9.79. The van der Waals surface area contributed by atoms with Crippen LogP contribution in [0.2, 0.25) is 0 Å². The summed E-state index contributed by atoms with van der Waals surface area (Å²) < 4.78 is 12.2. The molecule has 2 saturated heterocycles. The number of nitrogens with one attached hydrogen (secondary N) is 1. The molecule has 1 aromatic carbocycles. The smallest absolute Gasteiger partial charge is 0.465 e. The highest BCUT2D eigenvalue weighted by atomic mass is 16.7. The van der Waals surface area contributed by atoms with Crippen LogP contribution >= 0.6 is 0 Å². The van der Waals surface area contributed by atoms with Gasteiger partial charge in [0.05, 0.1) is 29.1 Å². The maximum Gasteiger partial charge on any atom is 0.494 e. The first-order valence-electron chi connectivity index (χ1n) is 10.1. The van der Waals surface area contributed by atoms with E-state index in [1.165, 1.54) is 4.90 Å². The van der Waals surface area contributed by atoms with E-state index in [1.54, 1.807) is 6.20 Å². The van der Waals surface area contributed by atoms with Gasteiger partial charge < -0.3 is 19.4 Å². The lowest BCUT2D eigenvalue weighted by molar-refractivity contribution is 0.00578. The van der Waals surface area contributed by atoms with Crippen LogP contribution in [0.3, 0.4) is 0 Å². The molecule has 0 bridgehead atoms. The van der Waals surface area contributed by atoms with Gasteiger partial charge in [0.1, 0.15) is 5.82 Å². The Kier molecular flexibility index (Phi) is 4.74. The number of likely N-dealkylation sites (tertiary alicyclic amines) is 1. The zero-order valence-electron chi connectivity index (χ0n) is 17.6. The summed E-state index contributed by atoms with van der Waals surface area (Å²) in [6, 6.07) is 7.78. The number of carbonyl (C=O) groups is 1. The fourth-order valence-corrected chi connectivity index (χ4v) is 3.97. The van der Waals surface area contributed by atoms with E-state index in [4.69, 9.17) is 9.31 Å². The van der Waals surface area contributed by atoms with E-state index in [1.807, 2.05) is 52.0 Å². The van der Waals surface area contributed by atoms with Gasteiger partial charge in [0.15, 0.2) is 0 Å². The average molecular weight is 397 g/mol. The number of imidazole rings is 1. The van der Waals surface area contributed by atoms with Gasteiger partial charge in [-0.15, -0.1) is 0 Å². The number of H-pyrrole nitrogens is 1. The van der Waals surface area contributed by atoms with Gasteiger partial charge in [-0.3, -0.25) is 4.90 Å². The maximum absolute atomic E-state index is 11.5. The van der Waals surface area contributed by atoms with Gasteiger partial charge in [0.2, 0.25) is 0 Å². The second-order valence-electron chi connectivity index (χ2n) is 9.18. The van der Waals surface area contributed by atoms with Gasteiger partial charge >= 0.3 is 13.2 Å². The summed E-state index contributed by atoms with van der Waals surface area (Å²) in [5.41, 5.74) is 2.07. The largest absolute Gasteiger partial charge is 0.494 e. The van der Waals surface area contributed by atoms with Crippen molar-refractivity contribution >= 4 is 18.7 Å². The third-order valence-electron chi connectivity index (χ3n) is 6.41. The van der Waals surface area contributed by atoms with Crippen molar-refractivity contribution in [1.82, 2.24) is 14.9 Å². The van der Waals surface area contributed by atoms with Gasteiger partial charge in [-0.05, 0) is 51.1 Å². The quantitative estimate of drug-likeness (QED) is 0.775. The number of amides is 1. The predicted molar refractivity (Wildman–Crippen MR) is 111 cm³/mol. The van der Waals surface area contributed by atoms with Crippen molar-refractivity contribution < 1.29 is 19.2 Å². The summed E-state index contributed by atoms with van der Waals surface area (Å²) in [5, 5.41) is 9.46. The minimum Gasteiger partial charge on any atom is -0.465 e. The number of benzene rings is 1. The lowest BCUT2D eigenvalue weighted by Crippen LogP contribution is -2.41. The lowest BCUT2D eigenvalue weighted by Gasteiger charge is -2.32. The van der Waals surface area contributed by atoms with Crippen LogP contribution in [0.25, 0.3) is 11.3 Å². The molecular weight excluding hydrogens is 369 g/mol. The molecule has 2 atom stereocenters. The molecule has 0 spiro atoms. The second-order valence-corrected chi connectivity index (χ2v) is 9.18.